The summed E-state index contributed by atoms with van der Waals surface area (Å²) in [5, 5.41) is 11.8. The first kappa shape index (κ1) is 19.1. The van der Waals surface area contributed by atoms with E-state index in [0.717, 1.165) is 11.3 Å². The van der Waals surface area contributed by atoms with Crippen molar-refractivity contribution in [1.82, 2.24) is 9.97 Å². The average molecular weight is 371 g/mol. The molecule has 6 heteroatoms. The Bertz CT molecular complexity index is 1050. The van der Waals surface area contributed by atoms with Crippen LogP contribution in [0.4, 0.5) is 17.3 Å². The van der Waals surface area contributed by atoms with E-state index >= 15 is 0 Å². The molecule has 0 saturated carbocycles. The number of carbonyl (C=O) groups is 1. The summed E-state index contributed by atoms with van der Waals surface area (Å²) in [5.74, 6) is 0.131. The van der Waals surface area contributed by atoms with Gasteiger partial charge in [0.25, 0.3) is 5.91 Å². The van der Waals surface area contributed by atoms with Crippen molar-refractivity contribution in [2.24, 2.45) is 0 Å². The molecule has 1 heterocycles. The fraction of sp³-hybridized carbons (Fsp3) is 0.182. The molecule has 3 aromatic rings. The number of hydrogen-bond donors (Lipinski definition) is 1. The maximum absolute atomic E-state index is 12.7. The van der Waals surface area contributed by atoms with Crippen molar-refractivity contribution in [3.63, 3.8) is 0 Å². The van der Waals surface area contributed by atoms with E-state index in [1.165, 1.54) is 0 Å². The van der Waals surface area contributed by atoms with E-state index in [1.54, 1.807) is 30.3 Å². The van der Waals surface area contributed by atoms with E-state index in [9.17, 15) is 4.79 Å². The number of carbonyl (C=O) groups excluding carboxylic acids is 1. The summed E-state index contributed by atoms with van der Waals surface area (Å²) >= 11 is 0. The quantitative estimate of drug-likeness (QED) is 0.720. The van der Waals surface area contributed by atoms with Gasteiger partial charge in [-0.25, -0.2) is 9.97 Å². The zero-order valence-electron chi connectivity index (χ0n) is 16.1. The fourth-order valence-electron chi connectivity index (χ4n) is 2.89. The molecule has 0 radical (unpaired) electrons. The van der Waals surface area contributed by atoms with Crippen molar-refractivity contribution in [3.05, 3.63) is 77.1 Å². The summed E-state index contributed by atoms with van der Waals surface area (Å²) in [6, 6.07) is 18.5. The van der Waals surface area contributed by atoms with Crippen molar-refractivity contribution in [2.45, 2.75) is 20.8 Å². The number of nitrogens with zero attached hydrogens (tertiary/aromatic N) is 4. The third-order valence-electron chi connectivity index (χ3n) is 4.20. The molecule has 140 valence electrons. The molecule has 0 aliphatic rings. The molecule has 0 spiro atoms. The molecule has 0 atom stereocenters. The highest BCUT2D eigenvalue weighted by atomic mass is 16.1. The van der Waals surface area contributed by atoms with E-state index in [0.29, 0.717) is 29.4 Å². The van der Waals surface area contributed by atoms with E-state index in [1.807, 2.05) is 43.9 Å². The van der Waals surface area contributed by atoms with Gasteiger partial charge in [-0.3, -0.25) is 4.79 Å². The number of nitrogens with one attached hydrogen (secondary N) is 1. The van der Waals surface area contributed by atoms with Gasteiger partial charge >= 0.3 is 0 Å². The van der Waals surface area contributed by atoms with E-state index in [2.05, 4.69) is 27.4 Å². The Morgan fingerprint density at radius 3 is 2.61 bits per heavy atom. The molecule has 6 nitrogen and oxygen atoms in total. The van der Waals surface area contributed by atoms with E-state index in [-0.39, 0.29) is 11.6 Å². The molecule has 0 fully saturated rings. The van der Waals surface area contributed by atoms with Crippen LogP contribution in [0.5, 0.6) is 0 Å². The first-order valence-electron chi connectivity index (χ1n) is 9.01. The second-order valence-corrected chi connectivity index (χ2v) is 6.42. The number of aryl methyl sites for hydroxylation is 2. The van der Waals surface area contributed by atoms with Gasteiger partial charge in [0, 0.05) is 23.6 Å². The van der Waals surface area contributed by atoms with Crippen LogP contribution in [0.2, 0.25) is 0 Å². The minimum absolute atomic E-state index is 0.274. The van der Waals surface area contributed by atoms with Gasteiger partial charge < -0.3 is 10.2 Å². The second-order valence-electron chi connectivity index (χ2n) is 6.42. The zero-order valence-corrected chi connectivity index (χ0v) is 16.1. The molecule has 3 rings (SSSR count). The third-order valence-corrected chi connectivity index (χ3v) is 4.20. The minimum Gasteiger partial charge on any atom is -0.321 e. The summed E-state index contributed by atoms with van der Waals surface area (Å²) in [6.45, 7) is 6.55. The molecule has 0 unspecified atom stereocenters. The lowest BCUT2D eigenvalue weighted by molar-refractivity contribution is 0.102. The van der Waals surface area contributed by atoms with Gasteiger partial charge in [-0.15, -0.1) is 0 Å². The summed E-state index contributed by atoms with van der Waals surface area (Å²) in [4.78, 5) is 23.7. The van der Waals surface area contributed by atoms with Crippen LogP contribution in [0.15, 0.2) is 54.6 Å². The SMILES string of the molecule is CCN(c1cccc(C)c1)c1nc(C)cc(C(=O)Nc2cccc(C#N)c2)n1. The molecule has 0 saturated heterocycles. The lowest BCUT2D eigenvalue weighted by Crippen LogP contribution is -2.22. The third kappa shape index (κ3) is 4.33. The van der Waals surface area contributed by atoms with Crippen LogP contribution in [0.3, 0.4) is 0 Å². The van der Waals surface area contributed by atoms with Crippen LogP contribution in [0.1, 0.15) is 34.2 Å². The van der Waals surface area contributed by atoms with E-state index in [4.69, 9.17) is 5.26 Å². The number of rotatable bonds is 5. The number of aromatic nitrogens is 2. The van der Waals surface area contributed by atoms with Crippen molar-refractivity contribution >= 4 is 23.2 Å². The summed E-state index contributed by atoms with van der Waals surface area (Å²) < 4.78 is 0. The fourth-order valence-corrected chi connectivity index (χ4v) is 2.89. The predicted molar refractivity (Wildman–Crippen MR) is 110 cm³/mol. The Morgan fingerprint density at radius 1 is 1.11 bits per heavy atom. The highest BCUT2D eigenvalue weighted by Gasteiger charge is 2.16. The van der Waals surface area contributed by atoms with Crippen molar-refractivity contribution < 1.29 is 4.79 Å². The van der Waals surface area contributed by atoms with E-state index < -0.39 is 0 Å². The normalized spacial score (nSPS) is 10.2. The Balaban J connectivity index is 1.92. The summed E-state index contributed by atoms with van der Waals surface area (Å²) in [7, 11) is 0. The Labute approximate surface area is 164 Å². The molecule has 2 aromatic carbocycles. The topological polar surface area (TPSA) is 81.9 Å². The van der Waals surface area contributed by atoms with Crippen molar-refractivity contribution in [3.8, 4) is 6.07 Å². The second kappa shape index (κ2) is 8.31. The molecule has 0 aliphatic heterocycles. The number of amides is 1. The van der Waals surface area contributed by atoms with Gasteiger partial charge in [0.05, 0.1) is 11.6 Å². The van der Waals surface area contributed by atoms with Crippen molar-refractivity contribution in [1.29, 1.82) is 5.26 Å². The number of nitriles is 1. The highest BCUT2D eigenvalue weighted by molar-refractivity contribution is 6.03. The number of benzene rings is 2. The highest BCUT2D eigenvalue weighted by Crippen LogP contribution is 2.23. The number of hydrogen-bond acceptors (Lipinski definition) is 5. The van der Waals surface area contributed by atoms with Crippen LogP contribution < -0.4 is 10.2 Å². The van der Waals surface area contributed by atoms with Gasteiger partial charge in [-0.1, -0.05) is 18.2 Å². The predicted octanol–water partition coefficient (Wildman–Crippen LogP) is 4.38. The van der Waals surface area contributed by atoms with Crippen LogP contribution >= 0.6 is 0 Å². The monoisotopic (exact) mass is 371 g/mol. The molecule has 1 aromatic heterocycles. The molecule has 1 amide bonds. The Morgan fingerprint density at radius 2 is 1.89 bits per heavy atom. The molecular weight excluding hydrogens is 350 g/mol. The Hall–Kier alpha value is -3.72. The lowest BCUT2D eigenvalue weighted by atomic mass is 10.2. The van der Waals surface area contributed by atoms with Crippen molar-refractivity contribution in [2.75, 3.05) is 16.8 Å². The Kier molecular flexibility index (Phi) is 5.66. The number of anilines is 3. The molecule has 0 bridgehead atoms. The lowest BCUT2D eigenvalue weighted by Gasteiger charge is -2.22. The molecule has 28 heavy (non-hydrogen) atoms. The van der Waals surface area contributed by atoms with Gasteiger partial charge in [-0.05, 0) is 62.7 Å². The van der Waals surface area contributed by atoms with Crippen LogP contribution in [-0.4, -0.2) is 22.4 Å². The first-order chi connectivity index (χ1) is 13.5. The van der Waals surface area contributed by atoms with Crippen LogP contribution in [0, 0.1) is 25.2 Å². The van der Waals surface area contributed by atoms with Crippen LogP contribution in [0.25, 0.3) is 0 Å². The smallest absolute Gasteiger partial charge is 0.274 e. The maximum Gasteiger partial charge on any atom is 0.274 e. The minimum atomic E-state index is -0.345. The molecular formula is C22H21N5O. The van der Waals surface area contributed by atoms with Gasteiger partial charge in [0.1, 0.15) is 5.69 Å². The summed E-state index contributed by atoms with van der Waals surface area (Å²) in [5.41, 5.74) is 4.12. The van der Waals surface area contributed by atoms with Crippen LogP contribution in [-0.2, 0) is 0 Å². The summed E-state index contributed by atoms with van der Waals surface area (Å²) in [6.07, 6.45) is 0. The molecule has 0 aliphatic carbocycles. The zero-order chi connectivity index (χ0) is 20.1. The largest absolute Gasteiger partial charge is 0.321 e. The maximum atomic E-state index is 12.7. The van der Waals surface area contributed by atoms with Gasteiger partial charge in [-0.2, -0.15) is 5.26 Å². The van der Waals surface area contributed by atoms with Gasteiger partial charge in [0.2, 0.25) is 5.95 Å². The standard InChI is InChI=1S/C22H21N5O/c1-4-27(19-10-5-7-15(2)11-19)22-24-16(3)12-20(26-22)21(28)25-18-9-6-8-17(13-18)14-23/h5-13H,4H2,1-3H3,(H,25,28). The molecule has 1 N–H and O–H groups in total. The average Bonchev–Trinajstić information content (AvgIpc) is 2.68. The van der Waals surface area contributed by atoms with Gasteiger partial charge in [0.15, 0.2) is 0 Å². The first-order valence-corrected chi connectivity index (χ1v) is 9.01.